The lowest BCUT2D eigenvalue weighted by molar-refractivity contribution is 1.16. The van der Waals surface area contributed by atoms with E-state index < -0.39 is 0 Å². The van der Waals surface area contributed by atoms with Crippen LogP contribution in [0.25, 0.3) is 10.9 Å². The van der Waals surface area contributed by atoms with Crippen molar-refractivity contribution < 1.29 is 0 Å². The summed E-state index contributed by atoms with van der Waals surface area (Å²) < 4.78 is 0. The summed E-state index contributed by atoms with van der Waals surface area (Å²) in [5.41, 5.74) is 1.53. The summed E-state index contributed by atoms with van der Waals surface area (Å²) in [6.07, 6.45) is 0. The highest BCUT2D eigenvalue weighted by atomic mass is 35.5. The highest BCUT2D eigenvalue weighted by Crippen LogP contribution is 2.24. The lowest BCUT2D eigenvalue weighted by Gasteiger charge is -2.03. The Balaban J connectivity index is 2.50. The molecule has 0 amide bonds. The normalized spacial score (nSPS) is 10.2. The van der Waals surface area contributed by atoms with Gasteiger partial charge in [-0.1, -0.05) is 18.2 Å². The number of rotatable bonds is 3. The van der Waals surface area contributed by atoms with Crippen molar-refractivity contribution in [1.29, 1.82) is 5.26 Å². The van der Waals surface area contributed by atoms with Crippen molar-refractivity contribution in [3.05, 3.63) is 35.9 Å². The monoisotopic (exact) mass is 248 g/mol. The van der Waals surface area contributed by atoms with Gasteiger partial charge in [0.25, 0.3) is 0 Å². The van der Waals surface area contributed by atoms with Gasteiger partial charge >= 0.3 is 0 Å². The maximum atomic E-state index is 9.04. The van der Waals surface area contributed by atoms with Crippen LogP contribution in [0.5, 0.6) is 0 Å². The van der Waals surface area contributed by atoms with Crippen LogP contribution in [0.1, 0.15) is 5.56 Å². The molecule has 0 fully saturated rings. The number of nitrogens with zero attached hydrogens (tertiary/aromatic N) is 2. The second-order valence-electron chi connectivity index (χ2n) is 3.18. The largest absolute Gasteiger partial charge is 0.240 e. The molecule has 0 aliphatic heterocycles. The molecule has 80 valence electrons. The van der Waals surface area contributed by atoms with Gasteiger partial charge < -0.3 is 0 Å². The number of alkyl halides is 1. The molecular weight excluding hydrogens is 240 g/mol. The summed E-state index contributed by atoms with van der Waals surface area (Å²) >= 11 is 7.15. The van der Waals surface area contributed by atoms with Crippen molar-refractivity contribution in [2.45, 2.75) is 5.03 Å². The van der Waals surface area contributed by atoms with Gasteiger partial charge in [-0.15, -0.1) is 23.4 Å². The Morgan fingerprint density at radius 1 is 1.38 bits per heavy atom. The molecule has 0 aliphatic carbocycles. The Kier molecular flexibility index (Phi) is 3.66. The zero-order valence-electron chi connectivity index (χ0n) is 8.48. The SMILES string of the molecule is N#Cc1cc2ccccc2nc1SCCCl. The number of halogens is 1. The van der Waals surface area contributed by atoms with Gasteiger partial charge in [-0.05, 0) is 12.1 Å². The van der Waals surface area contributed by atoms with Crippen LogP contribution in [0.3, 0.4) is 0 Å². The van der Waals surface area contributed by atoms with Crippen molar-refractivity contribution in [2.24, 2.45) is 0 Å². The van der Waals surface area contributed by atoms with Crippen molar-refractivity contribution >= 4 is 34.3 Å². The van der Waals surface area contributed by atoms with E-state index in [1.54, 1.807) is 0 Å². The summed E-state index contributed by atoms with van der Waals surface area (Å²) in [7, 11) is 0. The van der Waals surface area contributed by atoms with Gasteiger partial charge in [0.15, 0.2) is 0 Å². The van der Waals surface area contributed by atoms with Gasteiger partial charge in [0, 0.05) is 17.0 Å². The summed E-state index contributed by atoms with van der Waals surface area (Å²) in [6.45, 7) is 0. The average molecular weight is 249 g/mol. The van der Waals surface area contributed by atoms with E-state index in [1.807, 2.05) is 30.3 Å². The molecule has 1 aromatic carbocycles. The topological polar surface area (TPSA) is 36.7 Å². The second-order valence-corrected chi connectivity index (χ2v) is 4.64. The molecule has 2 aromatic rings. The highest BCUT2D eigenvalue weighted by molar-refractivity contribution is 7.99. The van der Waals surface area contributed by atoms with E-state index in [0.29, 0.717) is 11.4 Å². The Morgan fingerprint density at radius 2 is 2.19 bits per heavy atom. The Labute approximate surface area is 103 Å². The number of para-hydroxylation sites is 1. The summed E-state index contributed by atoms with van der Waals surface area (Å²) in [5.74, 6) is 1.33. The van der Waals surface area contributed by atoms with Crippen molar-refractivity contribution in [3.63, 3.8) is 0 Å². The number of fused-ring (bicyclic) bond motifs is 1. The standard InChI is InChI=1S/C12H9ClN2S/c13-5-6-16-12-10(8-14)7-9-3-1-2-4-11(9)15-12/h1-4,7H,5-6H2. The molecule has 0 atom stereocenters. The van der Waals surface area contributed by atoms with Gasteiger partial charge in [-0.3, -0.25) is 0 Å². The van der Waals surface area contributed by atoms with E-state index in [2.05, 4.69) is 11.1 Å². The summed E-state index contributed by atoms with van der Waals surface area (Å²) in [5, 5.41) is 10.8. The van der Waals surface area contributed by atoms with Gasteiger partial charge in [0.1, 0.15) is 11.1 Å². The first-order valence-corrected chi connectivity index (χ1v) is 6.36. The Morgan fingerprint density at radius 3 is 2.94 bits per heavy atom. The second kappa shape index (κ2) is 5.20. The molecule has 2 rings (SSSR count). The molecule has 0 saturated carbocycles. The zero-order chi connectivity index (χ0) is 11.4. The number of pyridine rings is 1. The molecular formula is C12H9ClN2S. The highest BCUT2D eigenvalue weighted by Gasteiger charge is 2.06. The maximum absolute atomic E-state index is 9.04. The van der Waals surface area contributed by atoms with Crippen LogP contribution in [0.4, 0.5) is 0 Å². The third kappa shape index (κ3) is 2.29. The summed E-state index contributed by atoms with van der Waals surface area (Å²) in [6, 6.07) is 11.8. The molecule has 0 spiro atoms. The van der Waals surface area contributed by atoms with Crippen LogP contribution in [0.15, 0.2) is 35.4 Å². The zero-order valence-corrected chi connectivity index (χ0v) is 10.1. The fourth-order valence-electron chi connectivity index (χ4n) is 1.42. The molecule has 4 heteroatoms. The third-order valence-corrected chi connectivity index (χ3v) is 3.53. The first-order chi connectivity index (χ1) is 7.85. The Hall–Kier alpha value is -1.24. The van der Waals surface area contributed by atoms with Gasteiger partial charge in [-0.25, -0.2) is 4.98 Å². The first-order valence-electron chi connectivity index (χ1n) is 4.84. The fourth-order valence-corrected chi connectivity index (χ4v) is 2.35. The van der Waals surface area contributed by atoms with Gasteiger partial charge in [0.05, 0.1) is 11.1 Å². The minimum Gasteiger partial charge on any atom is -0.240 e. The number of thioether (sulfide) groups is 1. The summed E-state index contributed by atoms with van der Waals surface area (Å²) in [4.78, 5) is 4.47. The van der Waals surface area contributed by atoms with E-state index >= 15 is 0 Å². The molecule has 1 aromatic heterocycles. The van der Waals surface area contributed by atoms with Crippen LogP contribution >= 0.6 is 23.4 Å². The predicted octanol–water partition coefficient (Wildman–Crippen LogP) is 3.44. The number of hydrogen-bond donors (Lipinski definition) is 0. The number of benzene rings is 1. The molecule has 0 N–H and O–H groups in total. The van der Waals surface area contributed by atoms with Crippen molar-refractivity contribution in [3.8, 4) is 6.07 Å². The number of aromatic nitrogens is 1. The molecule has 0 unspecified atom stereocenters. The molecule has 0 aliphatic rings. The first kappa shape index (κ1) is 11.3. The number of nitriles is 1. The molecule has 0 bridgehead atoms. The smallest absolute Gasteiger partial charge is 0.115 e. The molecule has 0 saturated heterocycles. The number of hydrogen-bond acceptors (Lipinski definition) is 3. The molecule has 2 nitrogen and oxygen atoms in total. The van der Waals surface area contributed by atoms with Gasteiger partial charge in [0.2, 0.25) is 0 Å². The predicted molar refractivity (Wildman–Crippen MR) is 67.9 cm³/mol. The molecule has 0 radical (unpaired) electrons. The minimum atomic E-state index is 0.560. The van der Waals surface area contributed by atoms with E-state index in [1.165, 1.54) is 11.8 Å². The molecule has 16 heavy (non-hydrogen) atoms. The third-order valence-electron chi connectivity index (χ3n) is 2.13. The lowest BCUT2D eigenvalue weighted by Crippen LogP contribution is -1.90. The van der Waals surface area contributed by atoms with Crippen LogP contribution in [0, 0.1) is 11.3 Å². The van der Waals surface area contributed by atoms with Crippen LogP contribution < -0.4 is 0 Å². The molecule has 1 heterocycles. The van der Waals surface area contributed by atoms with E-state index in [-0.39, 0.29) is 0 Å². The van der Waals surface area contributed by atoms with Crippen LogP contribution in [-0.4, -0.2) is 16.6 Å². The van der Waals surface area contributed by atoms with Crippen molar-refractivity contribution in [2.75, 3.05) is 11.6 Å². The van der Waals surface area contributed by atoms with Crippen molar-refractivity contribution in [1.82, 2.24) is 4.98 Å². The quantitative estimate of drug-likeness (QED) is 0.617. The fraction of sp³-hybridized carbons (Fsp3) is 0.167. The van der Waals surface area contributed by atoms with E-state index in [4.69, 9.17) is 16.9 Å². The van der Waals surface area contributed by atoms with Crippen LogP contribution in [0.2, 0.25) is 0 Å². The van der Waals surface area contributed by atoms with E-state index in [0.717, 1.165) is 21.7 Å². The van der Waals surface area contributed by atoms with E-state index in [9.17, 15) is 0 Å². The van der Waals surface area contributed by atoms with Crippen LogP contribution in [-0.2, 0) is 0 Å². The average Bonchev–Trinajstić information content (AvgIpc) is 2.35. The van der Waals surface area contributed by atoms with Gasteiger partial charge in [-0.2, -0.15) is 5.26 Å². The lowest BCUT2D eigenvalue weighted by atomic mass is 10.2. The minimum absolute atomic E-state index is 0.560. The maximum Gasteiger partial charge on any atom is 0.115 e. The Bertz CT molecular complexity index is 548.